The fourth-order valence-electron chi connectivity index (χ4n) is 3.76. The van der Waals surface area contributed by atoms with Crippen LogP contribution in [-0.2, 0) is 7.05 Å². The molecule has 0 aliphatic rings. The van der Waals surface area contributed by atoms with Crippen LogP contribution < -0.4 is 15.6 Å². The van der Waals surface area contributed by atoms with Gasteiger partial charge in [-0.05, 0) is 36.9 Å². The zero-order valence-corrected chi connectivity index (χ0v) is 19.3. The van der Waals surface area contributed by atoms with E-state index >= 15 is 0 Å². The number of hydrogen-bond acceptors (Lipinski definition) is 6. The van der Waals surface area contributed by atoms with Gasteiger partial charge in [-0.2, -0.15) is 0 Å². The largest absolute Gasteiger partial charge is 0.491 e. The second kappa shape index (κ2) is 10.3. The van der Waals surface area contributed by atoms with Gasteiger partial charge in [-0.1, -0.05) is 44.2 Å². The van der Waals surface area contributed by atoms with E-state index in [1.54, 1.807) is 24.0 Å². The van der Waals surface area contributed by atoms with Gasteiger partial charge in [0.05, 0.1) is 11.7 Å². The van der Waals surface area contributed by atoms with Crippen molar-refractivity contribution < 1.29 is 4.74 Å². The smallest absolute Gasteiger partial charge is 0.258 e. The molecular weight excluding hydrogens is 414 g/mol. The summed E-state index contributed by atoms with van der Waals surface area (Å²) in [7, 11) is 1.78. The molecule has 0 fully saturated rings. The summed E-state index contributed by atoms with van der Waals surface area (Å²) in [6, 6.07) is 17.2. The molecule has 0 atom stereocenters. The number of nitrogens with one attached hydrogen (secondary N) is 1. The number of nitrogens with zero attached hydrogens (tertiary/aromatic N) is 4. The molecule has 0 aliphatic heterocycles. The summed E-state index contributed by atoms with van der Waals surface area (Å²) in [6.07, 6.45) is 3.47. The Balaban J connectivity index is 1.49. The maximum Gasteiger partial charge on any atom is 0.258 e. The van der Waals surface area contributed by atoms with Gasteiger partial charge in [-0.25, -0.2) is 9.97 Å². The number of fused-ring (bicyclic) bond motifs is 1. The first-order valence-electron chi connectivity index (χ1n) is 11.2. The Bertz CT molecular complexity index is 1270. The topological polar surface area (TPSA) is 72.3 Å². The van der Waals surface area contributed by atoms with Crippen LogP contribution in [-0.4, -0.2) is 45.7 Å². The van der Waals surface area contributed by atoms with Crippen LogP contribution in [0.25, 0.3) is 22.0 Å². The van der Waals surface area contributed by atoms with Crippen molar-refractivity contribution in [2.45, 2.75) is 13.8 Å². The van der Waals surface area contributed by atoms with Gasteiger partial charge in [0, 0.05) is 36.8 Å². The minimum absolute atomic E-state index is 0.0461. The molecule has 7 nitrogen and oxygen atoms in total. The van der Waals surface area contributed by atoms with Gasteiger partial charge in [0.15, 0.2) is 0 Å². The molecule has 0 spiro atoms. The standard InChI is InChI=1S/C26H29N5O2/c1-4-31(5-2)13-14-33-21-11-12-24(28-18-21)29-25-16-23-20(17-27-25)15-22(26(32)30(23)3)19-9-7-6-8-10-19/h6-12,15-18H,4-5,13-14H2,1-3H3,(H,27,28,29). The normalized spacial score (nSPS) is 11.2. The van der Waals surface area contributed by atoms with Gasteiger partial charge in [0.2, 0.25) is 0 Å². The highest BCUT2D eigenvalue weighted by molar-refractivity contribution is 5.85. The minimum atomic E-state index is -0.0461. The highest BCUT2D eigenvalue weighted by Gasteiger charge is 2.10. The molecule has 33 heavy (non-hydrogen) atoms. The lowest BCUT2D eigenvalue weighted by atomic mass is 10.1. The first-order chi connectivity index (χ1) is 16.1. The molecule has 0 radical (unpaired) electrons. The summed E-state index contributed by atoms with van der Waals surface area (Å²) in [5.74, 6) is 2.01. The molecule has 3 heterocycles. The maximum atomic E-state index is 13.0. The Morgan fingerprint density at radius 2 is 1.73 bits per heavy atom. The van der Waals surface area contributed by atoms with E-state index < -0.39 is 0 Å². The van der Waals surface area contributed by atoms with Crippen LogP contribution in [0.3, 0.4) is 0 Å². The van der Waals surface area contributed by atoms with Crippen LogP contribution in [0.1, 0.15) is 13.8 Å². The molecule has 4 aromatic rings. The maximum absolute atomic E-state index is 13.0. The van der Waals surface area contributed by atoms with Crippen LogP contribution >= 0.6 is 0 Å². The van der Waals surface area contributed by atoms with Crippen molar-refractivity contribution in [3.8, 4) is 16.9 Å². The van der Waals surface area contributed by atoms with Crippen molar-refractivity contribution >= 4 is 22.5 Å². The lowest BCUT2D eigenvalue weighted by Gasteiger charge is -2.17. The average Bonchev–Trinajstić information content (AvgIpc) is 2.86. The third-order valence-corrected chi connectivity index (χ3v) is 5.76. The summed E-state index contributed by atoms with van der Waals surface area (Å²) in [5.41, 5.74) is 2.31. The molecule has 7 heteroatoms. The molecule has 3 aromatic heterocycles. The van der Waals surface area contributed by atoms with Crippen LogP contribution in [0.15, 0.2) is 71.8 Å². The number of likely N-dealkylation sites (N-methyl/N-ethyl adjacent to an activating group) is 1. The summed E-state index contributed by atoms with van der Waals surface area (Å²) in [5, 5.41) is 4.10. The number of ether oxygens (including phenoxy) is 1. The van der Waals surface area contributed by atoms with E-state index in [-0.39, 0.29) is 5.56 Å². The Labute approximate surface area is 193 Å². The zero-order valence-electron chi connectivity index (χ0n) is 19.3. The van der Waals surface area contributed by atoms with Crippen LogP contribution in [0.2, 0.25) is 0 Å². The molecule has 0 amide bonds. The van der Waals surface area contributed by atoms with Gasteiger partial charge in [0.25, 0.3) is 5.56 Å². The van der Waals surface area contributed by atoms with Crippen molar-refractivity contribution in [2.75, 3.05) is 31.6 Å². The molecular formula is C26H29N5O2. The summed E-state index contributed by atoms with van der Waals surface area (Å²) in [6.45, 7) is 7.83. The summed E-state index contributed by atoms with van der Waals surface area (Å²) >= 11 is 0. The van der Waals surface area contributed by atoms with E-state index in [1.165, 1.54) is 0 Å². The van der Waals surface area contributed by atoms with E-state index in [1.807, 2.05) is 54.6 Å². The predicted molar refractivity (Wildman–Crippen MR) is 133 cm³/mol. The van der Waals surface area contributed by atoms with E-state index in [9.17, 15) is 4.79 Å². The van der Waals surface area contributed by atoms with Crippen LogP contribution in [0.4, 0.5) is 11.6 Å². The molecule has 0 aliphatic carbocycles. The van der Waals surface area contributed by atoms with Gasteiger partial charge in [0.1, 0.15) is 24.0 Å². The highest BCUT2D eigenvalue weighted by atomic mass is 16.5. The number of anilines is 2. The number of aryl methyl sites for hydroxylation is 1. The van der Waals surface area contributed by atoms with Crippen LogP contribution in [0.5, 0.6) is 5.75 Å². The van der Waals surface area contributed by atoms with Crippen molar-refractivity contribution in [3.63, 3.8) is 0 Å². The molecule has 0 saturated heterocycles. The SMILES string of the molecule is CCN(CC)CCOc1ccc(Nc2cc3c(cn2)cc(-c2ccccc2)c(=O)n3C)nc1. The Morgan fingerprint density at radius 3 is 2.42 bits per heavy atom. The molecule has 0 saturated carbocycles. The fourth-order valence-corrected chi connectivity index (χ4v) is 3.76. The quantitative estimate of drug-likeness (QED) is 0.412. The van der Waals surface area contributed by atoms with Gasteiger partial charge < -0.3 is 19.5 Å². The van der Waals surface area contributed by atoms with E-state index in [0.29, 0.717) is 23.8 Å². The first-order valence-corrected chi connectivity index (χ1v) is 11.2. The predicted octanol–water partition coefficient (Wildman–Crippen LogP) is 4.46. The lowest BCUT2D eigenvalue weighted by molar-refractivity contribution is 0.222. The van der Waals surface area contributed by atoms with E-state index in [0.717, 1.165) is 41.9 Å². The molecule has 0 bridgehead atoms. The molecule has 1 aromatic carbocycles. The number of aromatic nitrogens is 3. The van der Waals surface area contributed by atoms with Gasteiger partial charge >= 0.3 is 0 Å². The molecule has 0 unspecified atom stereocenters. The molecule has 1 N–H and O–H groups in total. The number of pyridine rings is 3. The Hall–Kier alpha value is -3.71. The van der Waals surface area contributed by atoms with Crippen LogP contribution in [0, 0.1) is 0 Å². The van der Waals surface area contributed by atoms with E-state index in [2.05, 4.69) is 34.0 Å². The number of benzene rings is 1. The van der Waals surface area contributed by atoms with Gasteiger partial charge in [-0.3, -0.25) is 4.79 Å². The first kappa shape index (κ1) is 22.5. The fraction of sp³-hybridized carbons (Fsp3) is 0.269. The van der Waals surface area contributed by atoms with Gasteiger partial charge in [-0.15, -0.1) is 0 Å². The Morgan fingerprint density at radius 1 is 0.970 bits per heavy atom. The highest BCUT2D eigenvalue weighted by Crippen LogP contribution is 2.23. The van der Waals surface area contributed by atoms with Crippen molar-refractivity contribution in [1.82, 2.24) is 19.4 Å². The zero-order chi connectivity index (χ0) is 23.2. The minimum Gasteiger partial charge on any atom is -0.491 e. The second-order valence-corrected chi connectivity index (χ2v) is 7.80. The summed E-state index contributed by atoms with van der Waals surface area (Å²) < 4.78 is 7.45. The third kappa shape index (κ3) is 5.21. The second-order valence-electron chi connectivity index (χ2n) is 7.80. The monoisotopic (exact) mass is 443 g/mol. The van der Waals surface area contributed by atoms with Crippen molar-refractivity contribution in [3.05, 3.63) is 77.3 Å². The summed E-state index contributed by atoms with van der Waals surface area (Å²) in [4.78, 5) is 24.2. The average molecular weight is 444 g/mol. The third-order valence-electron chi connectivity index (χ3n) is 5.76. The number of hydrogen-bond donors (Lipinski definition) is 1. The lowest BCUT2D eigenvalue weighted by Crippen LogP contribution is -2.27. The molecule has 170 valence electrons. The van der Waals surface area contributed by atoms with Crippen molar-refractivity contribution in [1.29, 1.82) is 0 Å². The van der Waals surface area contributed by atoms with E-state index in [4.69, 9.17) is 4.74 Å². The van der Waals surface area contributed by atoms with Crippen molar-refractivity contribution in [2.24, 2.45) is 7.05 Å². The molecule has 4 rings (SSSR count). The Kier molecular flexibility index (Phi) is 7.00. The number of rotatable bonds is 9.